The number of methoxy groups -OCH3 is 1. The van der Waals surface area contributed by atoms with Crippen LogP contribution in [0, 0.1) is 0 Å². The molecule has 1 aromatic heterocycles. The molecule has 0 atom stereocenters. The number of carbonyl (C=O) groups is 3. The highest BCUT2D eigenvalue weighted by molar-refractivity contribution is 7.15. The maximum atomic E-state index is 12.7. The van der Waals surface area contributed by atoms with Crippen molar-refractivity contribution in [3.8, 4) is 11.1 Å². The molecule has 0 unspecified atom stereocenters. The molecule has 5 nitrogen and oxygen atoms in total. The Morgan fingerprint density at radius 2 is 1.73 bits per heavy atom. The third-order valence-electron chi connectivity index (χ3n) is 5.84. The molecule has 2 aromatic carbocycles. The molecule has 0 bridgehead atoms. The highest BCUT2D eigenvalue weighted by Gasteiger charge is 2.23. The minimum Gasteiger partial charge on any atom is -0.465 e. The van der Waals surface area contributed by atoms with E-state index in [-0.39, 0.29) is 24.5 Å². The number of benzene rings is 2. The fourth-order valence-corrected chi connectivity index (χ4v) is 5.16. The van der Waals surface area contributed by atoms with Gasteiger partial charge in [0.25, 0.3) is 0 Å². The number of fused-ring (bicyclic) bond motifs is 1. The fourth-order valence-electron chi connectivity index (χ4n) is 4.06. The fraction of sp³-hybridized carbons (Fsp3) is 0.269. The van der Waals surface area contributed by atoms with Crippen LogP contribution in [0.2, 0.25) is 5.02 Å². The molecule has 0 fully saturated rings. The summed E-state index contributed by atoms with van der Waals surface area (Å²) in [5.41, 5.74) is 4.95. The van der Waals surface area contributed by atoms with Crippen molar-refractivity contribution in [2.45, 2.75) is 38.5 Å². The molecule has 0 aliphatic heterocycles. The van der Waals surface area contributed by atoms with Crippen LogP contribution < -0.4 is 5.32 Å². The number of hydrogen-bond acceptors (Lipinski definition) is 5. The SMILES string of the molecule is COC(=O)c1c(-c2ccc(Cl)cc2)csc1NC(=O)CCC(=O)c1ccc2c(c1)CCCC2. The molecular weight excluding hydrogens is 458 g/mol. The summed E-state index contributed by atoms with van der Waals surface area (Å²) in [7, 11) is 1.30. The number of halogens is 1. The number of anilines is 1. The summed E-state index contributed by atoms with van der Waals surface area (Å²) >= 11 is 7.21. The zero-order valence-corrected chi connectivity index (χ0v) is 19.9. The summed E-state index contributed by atoms with van der Waals surface area (Å²) in [5, 5.41) is 5.57. The highest BCUT2D eigenvalue weighted by atomic mass is 35.5. The Balaban J connectivity index is 1.44. The molecule has 1 N–H and O–H groups in total. The number of thiophene rings is 1. The number of aryl methyl sites for hydroxylation is 2. The van der Waals surface area contributed by atoms with Gasteiger partial charge in [0.05, 0.1) is 7.11 Å². The first-order valence-corrected chi connectivity index (χ1v) is 12.1. The lowest BCUT2D eigenvalue weighted by atomic mass is 9.89. The summed E-state index contributed by atoms with van der Waals surface area (Å²) in [6, 6.07) is 13.0. The molecule has 33 heavy (non-hydrogen) atoms. The summed E-state index contributed by atoms with van der Waals surface area (Å²) in [5.74, 6) is -0.919. The number of esters is 1. The maximum absolute atomic E-state index is 12.7. The third kappa shape index (κ3) is 5.34. The first kappa shape index (κ1) is 23.2. The number of ether oxygens (including phenoxy) is 1. The predicted molar refractivity (Wildman–Crippen MR) is 131 cm³/mol. The quantitative estimate of drug-likeness (QED) is 0.316. The van der Waals surface area contributed by atoms with E-state index in [2.05, 4.69) is 5.32 Å². The molecule has 1 heterocycles. The van der Waals surface area contributed by atoms with Gasteiger partial charge in [0, 0.05) is 34.4 Å². The smallest absolute Gasteiger partial charge is 0.341 e. The number of ketones is 1. The van der Waals surface area contributed by atoms with Gasteiger partial charge in [-0.3, -0.25) is 9.59 Å². The third-order valence-corrected chi connectivity index (χ3v) is 6.99. The summed E-state index contributed by atoms with van der Waals surface area (Å²) in [4.78, 5) is 37.7. The van der Waals surface area contributed by atoms with Crippen molar-refractivity contribution in [1.29, 1.82) is 0 Å². The van der Waals surface area contributed by atoms with Crippen LogP contribution in [0.3, 0.4) is 0 Å². The van der Waals surface area contributed by atoms with Crippen LogP contribution in [0.5, 0.6) is 0 Å². The van der Waals surface area contributed by atoms with Crippen LogP contribution in [-0.2, 0) is 22.4 Å². The van der Waals surface area contributed by atoms with Gasteiger partial charge >= 0.3 is 5.97 Å². The van der Waals surface area contributed by atoms with Crippen molar-refractivity contribution in [2.75, 3.05) is 12.4 Å². The van der Waals surface area contributed by atoms with Crippen molar-refractivity contribution in [3.63, 3.8) is 0 Å². The lowest BCUT2D eigenvalue weighted by Gasteiger charge is -2.16. The van der Waals surface area contributed by atoms with Crippen LogP contribution >= 0.6 is 22.9 Å². The molecule has 7 heteroatoms. The Kier molecular flexibility index (Phi) is 7.26. The first-order valence-electron chi connectivity index (χ1n) is 10.9. The average Bonchev–Trinajstić information content (AvgIpc) is 3.25. The lowest BCUT2D eigenvalue weighted by Crippen LogP contribution is -2.15. The number of rotatable bonds is 7. The van der Waals surface area contributed by atoms with E-state index in [0.29, 0.717) is 26.7 Å². The predicted octanol–water partition coefficient (Wildman–Crippen LogP) is 6.34. The largest absolute Gasteiger partial charge is 0.465 e. The Hall–Kier alpha value is -2.96. The highest BCUT2D eigenvalue weighted by Crippen LogP contribution is 2.36. The van der Waals surface area contributed by atoms with E-state index < -0.39 is 5.97 Å². The van der Waals surface area contributed by atoms with E-state index in [0.717, 1.165) is 24.8 Å². The van der Waals surface area contributed by atoms with Gasteiger partial charge in [-0.05, 0) is 60.6 Å². The molecule has 0 radical (unpaired) electrons. The average molecular weight is 482 g/mol. The number of amides is 1. The zero-order valence-electron chi connectivity index (χ0n) is 18.3. The Morgan fingerprint density at radius 1 is 1.00 bits per heavy atom. The van der Waals surface area contributed by atoms with Crippen LogP contribution in [-0.4, -0.2) is 24.8 Å². The van der Waals surface area contributed by atoms with Crippen molar-refractivity contribution >= 4 is 45.6 Å². The summed E-state index contributed by atoms with van der Waals surface area (Å²) in [6.07, 6.45) is 4.54. The minimum absolute atomic E-state index is 0.0324. The second kappa shape index (κ2) is 10.3. The van der Waals surface area contributed by atoms with E-state index in [1.165, 1.54) is 36.0 Å². The van der Waals surface area contributed by atoms with E-state index >= 15 is 0 Å². The van der Waals surface area contributed by atoms with E-state index in [1.54, 1.807) is 29.6 Å². The Labute approximate surface area is 201 Å². The van der Waals surface area contributed by atoms with Gasteiger partial charge in [0.1, 0.15) is 10.6 Å². The van der Waals surface area contributed by atoms with Gasteiger partial charge in [0.2, 0.25) is 5.91 Å². The molecule has 1 amide bonds. The first-order chi connectivity index (χ1) is 16.0. The number of hydrogen-bond donors (Lipinski definition) is 1. The molecule has 170 valence electrons. The topological polar surface area (TPSA) is 72.5 Å². The van der Waals surface area contributed by atoms with Gasteiger partial charge in [-0.2, -0.15) is 0 Å². The maximum Gasteiger partial charge on any atom is 0.341 e. The molecule has 0 saturated heterocycles. The van der Waals surface area contributed by atoms with Crippen LogP contribution in [0.4, 0.5) is 5.00 Å². The van der Waals surface area contributed by atoms with Gasteiger partial charge in [-0.25, -0.2) is 4.79 Å². The Morgan fingerprint density at radius 3 is 2.45 bits per heavy atom. The molecule has 3 aromatic rings. The molecular formula is C26H24ClNO4S. The van der Waals surface area contributed by atoms with Gasteiger partial charge < -0.3 is 10.1 Å². The molecule has 4 rings (SSSR count). The molecule has 0 saturated carbocycles. The lowest BCUT2D eigenvalue weighted by molar-refractivity contribution is -0.116. The zero-order chi connectivity index (χ0) is 23.4. The van der Waals surface area contributed by atoms with Crippen molar-refractivity contribution in [3.05, 3.63) is 75.1 Å². The van der Waals surface area contributed by atoms with Crippen molar-refractivity contribution in [1.82, 2.24) is 0 Å². The van der Waals surface area contributed by atoms with Crippen LogP contribution in [0.25, 0.3) is 11.1 Å². The normalized spacial score (nSPS) is 12.7. The van der Waals surface area contributed by atoms with Gasteiger partial charge in [-0.15, -0.1) is 11.3 Å². The second-order valence-electron chi connectivity index (χ2n) is 8.01. The van der Waals surface area contributed by atoms with Gasteiger partial charge in [-0.1, -0.05) is 35.9 Å². The van der Waals surface area contributed by atoms with E-state index in [4.69, 9.17) is 16.3 Å². The van der Waals surface area contributed by atoms with E-state index in [1.807, 2.05) is 18.2 Å². The number of carbonyl (C=O) groups excluding carboxylic acids is 3. The van der Waals surface area contributed by atoms with Crippen molar-refractivity contribution in [2.24, 2.45) is 0 Å². The number of nitrogens with one attached hydrogen (secondary N) is 1. The molecule has 1 aliphatic rings. The second-order valence-corrected chi connectivity index (χ2v) is 9.33. The Bertz CT molecular complexity index is 1200. The molecule has 0 spiro atoms. The van der Waals surface area contributed by atoms with Crippen LogP contribution in [0.15, 0.2) is 47.8 Å². The number of Topliss-reactive ketones (excluding diaryl/α,β-unsaturated/α-hetero) is 1. The molecule has 1 aliphatic carbocycles. The van der Waals surface area contributed by atoms with E-state index in [9.17, 15) is 14.4 Å². The summed E-state index contributed by atoms with van der Waals surface area (Å²) in [6.45, 7) is 0. The standard InChI is InChI=1S/C26H24ClNO4S/c1-32-26(31)24-21(17-8-10-20(27)11-9-17)15-33-25(24)28-23(30)13-12-22(29)19-7-6-16-4-2-3-5-18(16)14-19/h6-11,14-15H,2-5,12-13H2,1H3,(H,28,30). The van der Waals surface area contributed by atoms with Crippen molar-refractivity contribution < 1.29 is 19.1 Å². The van der Waals surface area contributed by atoms with Crippen LogP contribution in [0.1, 0.15) is 57.5 Å². The minimum atomic E-state index is -0.540. The van der Waals surface area contributed by atoms with Gasteiger partial charge in [0.15, 0.2) is 5.78 Å². The monoisotopic (exact) mass is 481 g/mol. The summed E-state index contributed by atoms with van der Waals surface area (Å²) < 4.78 is 4.94.